The van der Waals surface area contributed by atoms with E-state index in [2.05, 4.69) is 5.32 Å². The van der Waals surface area contributed by atoms with Gasteiger partial charge in [0.15, 0.2) is 11.6 Å². The van der Waals surface area contributed by atoms with Crippen molar-refractivity contribution in [2.24, 2.45) is 5.73 Å². The molecule has 0 saturated carbocycles. The topological polar surface area (TPSA) is 72.2 Å². The maximum Gasteiger partial charge on any atom is 0.239 e. The fraction of sp³-hybridized carbons (Fsp3) is 0.263. The standard InChI is InChI=1S/C19H20F2N2O2/c20-15-10-9-14(11-16(15)21)12-18(24)23-17(19(22)25)8-4-7-13-5-2-1-3-6-13/h1-3,5-6,9-11,17H,4,7-8,12H2,(H2,22,25)(H,23,24)/t17-/m1/s1. The van der Waals surface area contributed by atoms with Crippen LogP contribution in [0.2, 0.25) is 0 Å². The number of aryl methyl sites for hydroxylation is 1. The van der Waals surface area contributed by atoms with Gasteiger partial charge in [0, 0.05) is 0 Å². The number of carbonyl (C=O) groups excluding carboxylic acids is 2. The third-order valence-corrected chi connectivity index (χ3v) is 3.83. The van der Waals surface area contributed by atoms with E-state index in [1.165, 1.54) is 6.07 Å². The molecule has 2 aromatic rings. The molecule has 0 heterocycles. The molecule has 1 atom stereocenters. The van der Waals surface area contributed by atoms with Crippen molar-refractivity contribution < 1.29 is 18.4 Å². The van der Waals surface area contributed by atoms with Crippen LogP contribution in [-0.4, -0.2) is 17.9 Å². The number of rotatable bonds is 8. The van der Waals surface area contributed by atoms with Crippen LogP contribution < -0.4 is 11.1 Å². The van der Waals surface area contributed by atoms with Crippen LogP contribution in [0.25, 0.3) is 0 Å². The predicted molar refractivity (Wildman–Crippen MR) is 90.6 cm³/mol. The van der Waals surface area contributed by atoms with Crippen LogP contribution in [0.15, 0.2) is 48.5 Å². The van der Waals surface area contributed by atoms with E-state index >= 15 is 0 Å². The second-order valence-electron chi connectivity index (χ2n) is 5.83. The zero-order chi connectivity index (χ0) is 18.2. The zero-order valence-corrected chi connectivity index (χ0v) is 13.7. The van der Waals surface area contributed by atoms with Gasteiger partial charge in [-0.3, -0.25) is 9.59 Å². The highest BCUT2D eigenvalue weighted by atomic mass is 19.2. The lowest BCUT2D eigenvalue weighted by atomic mass is 10.0. The van der Waals surface area contributed by atoms with Crippen molar-refractivity contribution in [3.8, 4) is 0 Å². The van der Waals surface area contributed by atoms with Gasteiger partial charge in [-0.05, 0) is 42.5 Å². The van der Waals surface area contributed by atoms with Crippen molar-refractivity contribution >= 4 is 11.8 Å². The molecule has 2 rings (SSSR count). The molecule has 0 unspecified atom stereocenters. The van der Waals surface area contributed by atoms with Crippen molar-refractivity contribution in [1.29, 1.82) is 0 Å². The van der Waals surface area contributed by atoms with Crippen molar-refractivity contribution in [2.75, 3.05) is 0 Å². The lowest BCUT2D eigenvalue weighted by Gasteiger charge is -2.15. The summed E-state index contributed by atoms with van der Waals surface area (Å²) in [5, 5.41) is 2.56. The molecule has 0 aliphatic carbocycles. The van der Waals surface area contributed by atoms with E-state index in [1.807, 2.05) is 30.3 Å². The molecule has 0 radical (unpaired) electrons. The van der Waals surface area contributed by atoms with E-state index in [0.29, 0.717) is 18.4 Å². The van der Waals surface area contributed by atoms with Gasteiger partial charge in [-0.25, -0.2) is 8.78 Å². The molecule has 0 spiro atoms. The van der Waals surface area contributed by atoms with Gasteiger partial charge in [0.05, 0.1) is 6.42 Å². The first kappa shape index (κ1) is 18.6. The Balaban J connectivity index is 1.86. The Morgan fingerprint density at radius 2 is 1.72 bits per heavy atom. The molecule has 25 heavy (non-hydrogen) atoms. The molecule has 4 nitrogen and oxygen atoms in total. The third kappa shape index (κ3) is 5.99. The summed E-state index contributed by atoms with van der Waals surface area (Å²) in [7, 11) is 0. The SMILES string of the molecule is NC(=O)[C@@H](CCCc1ccccc1)NC(=O)Cc1ccc(F)c(F)c1. The minimum Gasteiger partial charge on any atom is -0.368 e. The van der Waals surface area contributed by atoms with Crippen LogP contribution in [0, 0.1) is 11.6 Å². The largest absolute Gasteiger partial charge is 0.368 e. The molecule has 0 aliphatic rings. The molecule has 3 N–H and O–H groups in total. The number of hydrogen-bond donors (Lipinski definition) is 2. The van der Waals surface area contributed by atoms with E-state index in [0.717, 1.165) is 24.1 Å². The van der Waals surface area contributed by atoms with Gasteiger partial charge in [-0.15, -0.1) is 0 Å². The molecule has 6 heteroatoms. The second kappa shape index (κ2) is 8.92. The number of carbonyl (C=O) groups is 2. The molecule has 0 aromatic heterocycles. The molecular formula is C19H20F2N2O2. The Bertz CT molecular complexity index is 735. The molecule has 0 saturated heterocycles. The van der Waals surface area contributed by atoms with Gasteiger partial charge in [0.25, 0.3) is 0 Å². The number of nitrogens with one attached hydrogen (secondary N) is 1. The Hall–Kier alpha value is -2.76. The van der Waals surface area contributed by atoms with Crippen LogP contribution >= 0.6 is 0 Å². The van der Waals surface area contributed by atoms with Gasteiger partial charge in [0.2, 0.25) is 11.8 Å². The highest BCUT2D eigenvalue weighted by Crippen LogP contribution is 2.10. The quantitative estimate of drug-likeness (QED) is 0.771. The maximum absolute atomic E-state index is 13.2. The summed E-state index contributed by atoms with van der Waals surface area (Å²) in [5.74, 6) is -3.07. The van der Waals surface area contributed by atoms with E-state index in [4.69, 9.17) is 5.73 Å². The van der Waals surface area contributed by atoms with Gasteiger partial charge in [-0.2, -0.15) is 0 Å². The van der Waals surface area contributed by atoms with Crippen molar-refractivity contribution in [3.05, 3.63) is 71.3 Å². The van der Waals surface area contributed by atoms with Crippen LogP contribution in [0.1, 0.15) is 24.0 Å². The Morgan fingerprint density at radius 1 is 1.00 bits per heavy atom. The first-order valence-electron chi connectivity index (χ1n) is 8.02. The van der Waals surface area contributed by atoms with E-state index in [1.54, 1.807) is 0 Å². The molecule has 0 bridgehead atoms. The number of benzene rings is 2. The van der Waals surface area contributed by atoms with Gasteiger partial charge < -0.3 is 11.1 Å². The number of amides is 2. The third-order valence-electron chi connectivity index (χ3n) is 3.83. The minimum absolute atomic E-state index is 0.153. The predicted octanol–water partition coefficient (Wildman–Crippen LogP) is 2.50. The van der Waals surface area contributed by atoms with Crippen molar-refractivity contribution in [3.63, 3.8) is 0 Å². The van der Waals surface area contributed by atoms with Crippen molar-refractivity contribution in [2.45, 2.75) is 31.7 Å². The molecule has 0 aliphatic heterocycles. The molecular weight excluding hydrogens is 326 g/mol. The van der Waals surface area contributed by atoms with E-state index in [9.17, 15) is 18.4 Å². The molecule has 2 aromatic carbocycles. The summed E-state index contributed by atoms with van der Waals surface area (Å²) in [5.41, 5.74) is 6.80. The highest BCUT2D eigenvalue weighted by Gasteiger charge is 2.18. The monoisotopic (exact) mass is 346 g/mol. The maximum atomic E-state index is 13.2. The zero-order valence-electron chi connectivity index (χ0n) is 13.7. The Kier molecular flexibility index (Phi) is 6.62. The second-order valence-corrected chi connectivity index (χ2v) is 5.83. The fourth-order valence-corrected chi connectivity index (χ4v) is 2.52. The van der Waals surface area contributed by atoms with Gasteiger partial charge in [0.1, 0.15) is 6.04 Å². The summed E-state index contributed by atoms with van der Waals surface area (Å²) in [6, 6.07) is 12.2. The number of primary amides is 1. The highest BCUT2D eigenvalue weighted by molar-refractivity contribution is 5.87. The smallest absolute Gasteiger partial charge is 0.239 e. The summed E-state index contributed by atoms with van der Waals surface area (Å²) < 4.78 is 26.1. The van der Waals surface area contributed by atoms with Crippen LogP contribution in [0.3, 0.4) is 0 Å². The summed E-state index contributed by atoms with van der Waals surface area (Å²) in [6.45, 7) is 0. The van der Waals surface area contributed by atoms with E-state index in [-0.39, 0.29) is 6.42 Å². The summed E-state index contributed by atoms with van der Waals surface area (Å²) in [6.07, 6.45) is 1.71. The van der Waals surface area contributed by atoms with Crippen LogP contribution in [0.5, 0.6) is 0 Å². The molecule has 2 amide bonds. The first-order chi connectivity index (χ1) is 12.0. The average Bonchev–Trinajstić information content (AvgIpc) is 2.58. The van der Waals surface area contributed by atoms with Crippen LogP contribution in [0.4, 0.5) is 8.78 Å². The minimum atomic E-state index is -1.01. The number of nitrogens with two attached hydrogens (primary N) is 1. The average molecular weight is 346 g/mol. The van der Waals surface area contributed by atoms with Gasteiger partial charge >= 0.3 is 0 Å². The Morgan fingerprint density at radius 3 is 2.36 bits per heavy atom. The van der Waals surface area contributed by atoms with E-state index < -0.39 is 29.5 Å². The first-order valence-corrected chi connectivity index (χ1v) is 8.02. The lowest BCUT2D eigenvalue weighted by molar-refractivity contribution is -0.127. The van der Waals surface area contributed by atoms with Gasteiger partial charge in [-0.1, -0.05) is 36.4 Å². The van der Waals surface area contributed by atoms with Crippen molar-refractivity contribution in [1.82, 2.24) is 5.32 Å². The van der Waals surface area contributed by atoms with Crippen LogP contribution in [-0.2, 0) is 22.4 Å². The summed E-state index contributed by atoms with van der Waals surface area (Å²) in [4.78, 5) is 23.5. The lowest BCUT2D eigenvalue weighted by Crippen LogP contribution is -2.45. The number of halogens is 2. The molecule has 132 valence electrons. The summed E-state index contributed by atoms with van der Waals surface area (Å²) >= 11 is 0. The normalized spacial score (nSPS) is 11.8. The molecule has 0 fully saturated rings. The number of hydrogen-bond acceptors (Lipinski definition) is 2. The Labute approximate surface area is 145 Å². The fourth-order valence-electron chi connectivity index (χ4n) is 2.52.